The van der Waals surface area contributed by atoms with Crippen LogP contribution in [-0.4, -0.2) is 122 Å². The molecule has 0 saturated carbocycles. The number of aliphatic hydroxyl groups excluding tert-OH is 6. The van der Waals surface area contributed by atoms with Crippen molar-refractivity contribution < 1.29 is 64.3 Å². The molecule has 1 aromatic carbocycles. The summed E-state index contributed by atoms with van der Waals surface area (Å²) in [5, 5.41) is 71.4. The van der Waals surface area contributed by atoms with E-state index < -0.39 is 78.9 Å². The Hall–Kier alpha value is -2.62. The largest absolute Gasteiger partial charge is 0.494 e. The van der Waals surface area contributed by atoms with Crippen molar-refractivity contribution in [3.05, 3.63) is 35.4 Å². The fraction of sp³-hybridized carbons (Fsp3) is 0.706. The van der Waals surface area contributed by atoms with Gasteiger partial charge < -0.3 is 54.7 Å². The molecule has 2 heterocycles. The molecule has 1 aromatic rings. The lowest BCUT2D eigenvalue weighted by Crippen LogP contribution is -2.49. The van der Waals surface area contributed by atoms with Gasteiger partial charge in [0.25, 0.3) is 0 Å². The fourth-order valence-electron chi connectivity index (χ4n) is 5.75. The maximum Gasteiger partial charge on any atom is 0.345 e. The number of benzene rings is 1. The van der Waals surface area contributed by atoms with E-state index >= 15 is 0 Å². The molecule has 2 aliphatic rings. The molecular weight excluding hydrogens is 616 g/mol. The number of carboxylic acids is 1. The van der Waals surface area contributed by atoms with Crippen LogP contribution in [0, 0.1) is 0 Å². The van der Waals surface area contributed by atoms with Crippen molar-refractivity contribution in [1.82, 2.24) is 0 Å². The second-order valence-corrected chi connectivity index (χ2v) is 12.4. The molecule has 13 heteroatoms. The number of hydrogen-bond donors (Lipinski definition) is 7. The number of aliphatic carboxylic acids is 1. The van der Waals surface area contributed by atoms with Crippen molar-refractivity contribution in [2.45, 2.75) is 132 Å². The van der Waals surface area contributed by atoms with Crippen LogP contribution in [0.3, 0.4) is 0 Å². The molecule has 2 aliphatic heterocycles. The van der Waals surface area contributed by atoms with Gasteiger partial charge in [-0.05, 0) is 30.2 Å². The first-order valence-electron chi connectivity index (χ1n) is 16.7. The average Bonchev–Trinajstić information content (AvgIpc) is 3.57. The summed E-state index contributed by atoms with van der Waals surface area (Å²) in [4.78, 5) is 25.2. The monoisotopic (exact) mass is 668 g/mol. The van der Waals surface area contributed by atoms with Gasteiger partial charge >= 0.3 is 11.9 Å². The van der Waals surface area contributed by atoms with Crippen LogP contribution in [0.1, 0.15) is 83.1 Å². The Kier molecular flexibility index (Phi) is 16.5. The van der Waals surface area contributed by atoms with E-state index in [2.05, 4.69) is 6.92 Å². The molecule has 0 spiro atoms. The standard InChI is InChI=1S/C34H52O13/c1-2-3-4-5-6-7-8-9-10-11-16-44-22-14-12-21(13-15-22)17-23(33(41)42)34(43)47-27(30(40)32-29(39)26(37)20-46-32)18-24(35)31-28(38)25(36)19-45-31/h12-15,17,24-32,35-40H,2-11,16,18-20H2,1H3,(H,41,42). The summed E-state index contributed by atoms with van der Waals surface area (Å²) >= 11 is 0. The fourth-order valence-corrected chi connectivity index (χ4v) is 5.75. The summed E-state index contributed by atoms with van der Waals surface area (Å²) in [6.45, 7) is 2.18. The van der Waals surface area contributed by atoms with Crippen LogP contribution in [0.15, 0.2) is 29.8 Å². The van der Waals surface area contributed by atoms with Crippen molar-refractivity contribution in [3.63, 3.8) is 0 Å². The van der Waals surface area contributed by atoms with Crippen molar-refractivity contribution in [2.75, 3.05) is 19.8 Å². The summed E-state index contributed by atoms with van der Waals surface area (Å²) in [6.07, 6.45) is -0.756. The van der Waals surface area contributed by atoms with Gasteiger partial charge in [-0.2, -0.15) is 0 Å². The zero-order valence-electron chi connectivity index (χ0n) is 27.1. The van der Waals surface area contributed by atoms with Crippen molar-refractivity contribution in [3.8, 4) is 5.75 Å². The van der Waals surface area contributed by atoms with Gasteiger partial charge in [0, 0.05) is 6.42 Å². The molecule has 0 aliphatic carbocycles. The number of aliphatic hydroxyl groups is 6. The van der Waals surface area contributed by atoms with Crippen molar-refractivity contribution >= 4 is 18.0 Å². The maximum absolute atomic E-state index is 13.1. The van der Waals surface area contributed by atoms with E-state index in [9.17, 15) is 45.3 Å². The molecule has 7 N–H and O–H groups in total. The third-order valence-electron chi connectivity index (χ3n) is 8.62. The van der Waals surface area contributed by atoms with Gasteiger partial charge in [-0.15, -0.1) is 0 Å². The first-order chi connectivity index (χ1) is 22.5. The minimum atomic E-state index is -1.81. The summed E-state index contributed by atoms with van der Waals surface area (Å²) in [5.41, 5.74) is -0.423. The van der Waals surface area contributed by atoms with E-state index in [0.717, 1.165) is 18.9 Å². The van der Waals surface area contributed by atoms with Crippen molar-refractivity contribution in [2.24, 2.45) is 0 Å². The summed E-state index contributed by atoms with van der Waals surface area (Å²) < 4.78 is 21.6. The molecule has 2 saturated heterocycles. The summed E-state index contributed by atoms with van der Waals surface area (Å²) in [5.74, 6) is -2.38. The van der Waals surface area contributed by atoms with E-state index in [4.69, 9.17) is 18.9 Å². The lowest BCUT2D eigenvalue weighted by atomic mass is 9.94. The molecule has 47 heavy (non-hydrogen) atoms. The second-order valence-electron chi connectivity index (χ2n) is 12.4. The predicted molar refractivity (Wildman–Crippen MR) is 169 cm³/mol. The smallest absolute Gasteiger partial charge is 0.345 e. The number of carboxylic acid groups (broad SMARTS) is 1. The van der Waals surface area contributed by atoms with Crippen LogP contribution >= 0.6 is 0 Å². The number of ether oxygens (including phenoxy) is 4. The zero-order valence-corrected chi connectivity index (χ0v) is 27.1. The van der Waals surface area contributed by atoms with Gasteiger partial charge in [0.1, 0.15) is 60.2 Å². The minimum Gasteiger partial charge on any atom is -0.494 e. The molecule has 0 radical (unpaired) electrons. The Morgan fingerprint density at radius 3 is 1.87 bits per heavy atom. The predicted octanol–water partition coefficient (Wildman–Crippen LogP) is 1.72. The van der Waals surface area contributed by atoms with Gasteiger partial charge in [-0.25, -0.2) is 9.59 Å². The molecular formula is C34H52O13. The van der Waals surface area contributed by atoms with Gasteiger partial charge in [-0.3, -0.25) is 0 Å². The molecule has 13 nitrogen and oxygen atoms in total. The van der Waals surface area contributed by atoms with Gasteiger partial charge in [0.2, 0.25) is 0 Å². The van der Waals surface area contributed by atoms with E-state index in [-0.39, 0.29) is 13.2 Å². The van der Waals surface area contributed by atoms with Crippen LogP contribution in [0.2, 0.25) is 0 Å². The molecule has 0 amide bonds. The van der Waals surface area contributed by atoms with E-state index in [1.807, 2.05) is 0 Å². The number of esters is 1. The van der Waals surface area contributed by atoms with Crippen LogP contribution in [0.5, 0.6) is 5.75 Å². The van der Waals surface area contributed by atoms with Gasteiger partial charge in [0.15, 0.2) is 0 Å². The SMILES string of the molecule is CCCCCCCCCCCCOc1ccc(C=C(C(=O)O)C(=O)OC(CC(O)C2OCC(O)C2O)C(O)C2OCC(O)C2O)cc1. The van der Waals surface area contributed by atoms with Crippen molar-refractivity contribution in [1.29, 1.82) is 0 Å². The Bertz CT molecular complexity index is 1110. The average molecular weight is 669 g/mol. The highest BCUT2D eigenvalue weighted by Crippen LogP contribution is 2.27. The Morgan fingerprint density at radius 1 is 0.830 bits per heavy atom. The quantitative estimate of drug-likeness (QED) is 0.0327. The molecule has 9 unspecified atom stereocenters. The molecule has 2 fully saturated rings. The number of rotatable bonds is 21. The summed E-state index contributed by atoms with van der Waals surface area (Å²) in [7, 11) is 0. The first kappa shape index (κ1) is 38.8. The Morgan fingerprint density at radius 2 is 1.36 bits per heavy atom. The van der Waals surface area contributed by atoms with Crippen LogP contribution in [0.4, 0.5) is 0 Å². The highest BCUT2D eigenvalue weighted by molar-refractivity contribution is 6.17. The highest BCUT2D eigenvalue weighted by Gasteiger charge is 2.46. The third kappa shape index (κ3) is 12.1. The van der Waals surface area contributed by atoms with E-state index in [1.165, 1.54) is 51.4 Å². The number of hydrogen-bond acceptors (Lipinski definition) is 12. The maximum atomic E-state index is 13.1. The number of carbonyl (C=O) groups excluding carboxylic acids is 1. The summed E-state index contributed by atoms with van der Waals surface area (Å²) in [6, 6.07) is 6.46. The molecule has 0 aromatic heterocycles. The highest BCUT2D eigenvalue weighted by atomic mass is 16.6. The normalized spacial score (nSPS) is 26.6. The van der Waals surface area contributed by atoms with E-state index in [0.29, 0.717) is 17.9 Å². The van der Waals surface area contributed by atoms with Crippen LogP contribution in [-0.2, 0) is 23.8 Å². The molecule has 9 atom stereocenters. The molecule has 266 valence electrons. The molecule has 0 bridgehead atoms. The van der Waals surface area contributed by atoms with Gasteiger partial charge in [0.05, 0.1) is 25.9 Å². The zero-order chi connectivity index (χ0) is 34.3. The van der Waals surface area contributed by atoms with Crippen LogP contribution in [0.25, 0.3) is 6.08 Å². The number of unbranched alkanes of at least 4 members (excludes halogenated alkanes) is 9. The Labute approximate surface area is 275 Å². The van der Waals surface area contributed by atoms with E-state index in [1.54, 1.807) is 24.3 Å². The van der Waals surface area contributed by atoms with Gasteiger partial charge in [-0.1, -0.05) is 76.8 Å². The Balaban J connectivity index is 1.57. The molecule has 3 rings (SSSR count). The number of carbonyl (C=O) groups is 2. The topological polar surface area (TPSA) is 213 Å². The lowest BCUT2D eigenvalue weighted by molar-refractivity contribution is -0.167. The first-order valence-corrected chi connectivity index (χ1v) is 16.7. The second kappa shape index (κ2) is 20.0. The van der Waals surface area contributed by atoms with Crippen LogP contribution < -0.4 is 4.74 Å². The minimum absolute atomic E-state index is 0.262. The third-order valence-corrected chi connectivity index (χ3v) is 8.62. The lowest BCUT2D eigenvalue weighted by Gasteiger charge is -2.31.